The third-order valence-corrected chi connectivity index (χ3v) is 1.99. The minimum atomic E-state index is -1.48. The summed E-state index contributed by atoms with van der Waals surface area (Å²) < 4.78 is 1.44. The number of benzene rings is 1. The Morgan fingerprint density at radius 2 is 2.12 bits per heavy atom. The Labute approximate surface area is 90.2 Å². The van der Waals surface area contributed by atoms with Gasteiger partial charge in [0, 0.05) is 5.56 Å². The summed E-state index contributed by atoms with van der Waals surface area (Å²) in [5.74, 6) is -2.42. The van der Waals surface area contributed by atoms with Crippen molar-refractivity contribution in [1.29, 1.82) is 0 Å². The molecule has 0 aliphatic carbocycles. The molecule has 0 aliphatic rings. The maximum Gasteiger partial charge on any atom is 0.377 e. The largest absolute Gasteiger partial charge is 0.475 e. The van der Waals surface area contributed by atoms with Gasteiger partial charge in [0.05, 0.1) is 5.69 Å². The maximum absolute atomic E-state index is 11.2. The Morgan fingerprint density at radius 1 is 1.31 bits per heavy atom. The number of rotatable bonds is 3. The van der Waals surface area contributed by atoms with E-state index in [0.717, 1.165) is 0 Å². The van der Waals surface area contributed by atoms with Crippen LogP contribution in [0.1, 0.15) is 10.4 Å². The second-order valence-corrected chi connectivity index (χ2v) is 3.02. The van der Waals surface area contributed by atoms with E-state index < -0.39 is 11.8 Å². The Bertz CT molecular complexity index is 534. The molecule has 2 rings (SSSR count). The predicted molar refractivity (Wildman–Crippen MR) is 53.3 cm³/mol. The highest BCUT2D eigenvalue weighted by molar-refractivity contribution is 6.39. The van der Waals surface area contributed by atoms with Gasteiger partial charge in [0.15, 0.2) is 0 Å². The number of aliphatic carboxylic acids is 1. The molecule has 6 heteroatoms. The van der Waals surface area contributed by atoms with Crippen LogP contribution in [-0.2, 0) is 4.79 Å². The van der Waals surface area contributed by atoms with E-state index in [2.05, 4.69) is 10.1 Å². The Balaban J connectivity index is 2.41. The summed E-state index contributed by atoms with van der Waals surface area (Å²) in [6, 6.07) is 6.18. The van der Waals surface area contributed by atoms with Crippen LogP contribution in [0, 0.1) is 0 Å². The molecule has 0 fully saturated rings. The summed E-state index contributed by atoms with van der Waals surface area (Å²) >= 11 is 0. The molecule has 1 N–H and O–H groups in total. The van der Waals surface area contributed by atoms with Crippen molar-refractivity contribution in [1.82, 2.24) is 14.8 Å². The predicted octanol–water partition coefficient (Wildman–Crippen LogP) is 0.535. The molecule has 0 atom stereocenters. The molecule has 16 heavy (non-hydrogen) atoms. The molecule has 1 heterocycles. The van der Waals surface area contributed by atoms with Gasteiger partial charge in [0.1, 0.15) is 12.7 Å². The van der Waals surface area contributed by atoms with Crippen LogP contribution in [0.15, 0.2) is 36.9 Å². The quantitative estimate of drug-likeness (QED) is 0.598. The van der Waals surface area contributed by atoms with Crippen molar-refractivity contribution in [3.63, 3.8) is 0 Å². The smallest absolute Gasteiger partial charge is 0.377 e. The molecule has 0 amide bonds. The van der Waals surface area contributed by atoms with Crippen molar-refractivity contribution in [2.45, 2.75) is 0 Å². The van der Waals surface area contributed by atoms with E-state index in [9.17, 15) is 9.59 Å². The summed E-state index contributed by atoms with van der Waals surface area (Å²) in [6.07, 6.45) is 2.82. The third-order valence-electron chi connectivity index (χ3n) is 1.99. The van der Waals surface area contributed by atoms with Gasteiger partial charge >= 0.3 is 5.97 Å². The second-order valence-electron chi connectivity index (χ2n) is 3.02. The lowest BCUT2D eigenvalue weighted by molar-refractivity contribution is -0.131. The molecular formula is C10H7N3O3. The number of carbonyl (C=O) groups is 2. The van der Waals surface area contributed by atoms with Crippen LogP contribution in [0.5, 0.6) is 0 Å². The molecule has 0 saturated heterocycles. The molecule has 80 valence electrons. The first-order valence-electron chi connectivity index (χ1n) is 4.41. The zero-order chi connectivity index (χ0) is 11.5. The van der Waals surface area contributed by atoms with Gasteiger partial charge in [-0.05, 0) is 12.1 Å². The van der Waals surface area contributed by atoms with Crippen molar-refractivity contribution in [2.75, 3.05) is 0 Å². The number of nitrogens with zero attached hydrogens (tertiary/aromatic N) is 3. The fourth-order valence-corrected chi connectivity index (χ4v) is 1.25. The minimum absolute atomic E-state index is 0.112. The van der Waals surface area contributed by atoms with Crippen molar-refractivity contribution < 1.29 is 14.7 Å². The van der Waals surface area contributed by atoms with E-state index >= 15 is 0 Å². The monoisotopic (exact) mass is 217 g/mol. The number of ketones is 1. The molecule has 0 aliphatic heterocycles. The van der Waals surface area contributed by atoms with Gasteiger partial charge in [-0.25, -0.2) is 14.5 Å². The number of hydrogen-bond acceptors (Lipinski definition) is 4. The maximum atomic E-state index is 11.2. The first-order valence-corrected chi connectivity index (χ1v) is 4.41. The number of carboxylic acids is 1. The van der Waals surface area contributed by atoms with Crippen molar-refractivity contribution >= 4 is 11.8 Å². The number of carboxylic acid groups (broad SMARTS) is 1. The third kappa shape index (κ3) is 1.81. The van der Waals surface area contributed by atoms with Gasteiger partial charge < -0.3 is 5.11 Å². The Hall–Kier alpha value is -2.50. The lowest BCUT2D eigenvalue weighted by atomic mass is 10.1. The average Bonchev–Trinajstić information content (AvgIpc) is 2.81. The highest BCUT2D eigenvalue weighted by Gasteiger charge is 2.14. The Morgan fingerprint density at radius 3 is 2.75 bits per heavy atom. The number of Topliss-reactive ketones (excluding diaryl/α,β-unsaturated/α-hetero) is 1. The second kappa shape index (κ2) is 3.93. The zero-order valence-electron chi connectivity index (χ0n) is 8.07. The lowest BCUT2D eigenvalue weighted by Gasteiger charge is -2.01. The number of aromatic nitrogens is 3. The first kappa shape index (κ1) is 10.0. The van der Waals surface area contributed by atoms with E-state index in [0.29, 0.717) is 5.69 Å². The summed E-state index contributed by atoms with van der Waals surface area (Å²) in [6.45, 7) is 0. The van der Waals surface area contributed by atoms with Crippen LogP contribution < -0.4 is 0 Å². The average molecular weight is 217 g/mol. The van der Waals surface area contributed by atoms with E-state index in [1.807, 2.05) is 0 Å². The molecule has 0 bridgehead atoms. The van der Waals surface area contributed by atoms with E-state index in [1.165, 1.54) is 29.5 Å². The van der Waals surface area contributed by atoms with Crippen molar-refractivity contribution in [3.05, 3.63) is 42.5 Å². The summed E-state index contributed by atoms with van der Waals surface area (Å²) in [4.78, 5) is 25.5. The summed E-state index contributed by atoms with van der Waals surface area (Å²) in [7, 11) is 0. The molecule has 6 nitrogen and oxygen atoms in total. The van der Waals surface area contributed by atoms with E-state index in [-0.39, 0.29) is 5.56 Å². The van der Waals surface area contributed by atoms with Crippen molar-refractivity contribution in [2.24, 2.45) is 0 Å². The lowest BCUT2D eigenvalue weighted by Crippen LogP contribution is -2.13. The molecular weight excluding hydrogens is 210 g/mol. The number of carbonyl (C=O) groups excluding carboxylic acids is 1. The van der Waals surface area contributed by atoms with Crippen LogP contribution in [0.4, 0.5) is 0 Å². The molecule has 0 radical (unpaired) electrons. The first-order chi connectivity index (χ1) is 7.68. The summed E-state index contributed by atoms with van der Waals surface area (Å²) in [5, 5.41) is 12.5. The topological polar surface area (TPSA) is 85.1 Å². The van der Waals surface area contributed by atoms with Gasteiger partial charge in [-0.3, -0.25) is 4.79 Å². The standard InChI is InChI=1S/C10H7N3O3/c14-9(10(15)16)7-2-1-3-8(4-7)13-6-11-5-12-13/h1-6H,(H,15,16). The van der Waals surface area contributed by atoms with Crippen LogP contribution in [-0.4, -0.2) is 31.6 Å². The zero-order valence-corrected chi connectivity index (χ0v) is 8.07. The van der Waals surface area contributed by atoms with E-state index in [1.54, 1.807) is 12.1 Å². The van der Waals surface area contributed by atoms with Crippen LogP contribution in [0.25, 0.3) is 5.69 Å². The van der Waals surface area contributed by atoms with Crippen LogP contribution in [0.2, 0.25) is 0 Å². The van der Waals surface area contributed by atoms with Crippen LogP contribution >= 0.6 is 0 Å². The normalized spacial score (nSPS) is 10.0. The van der Waals surface area contributed by atoms with Crippen LogP contribution in [0.3, 0.4) is 0 Å². The Kier molecular flexibility index (Phi) is 2.47. The fraction of sp³-hybridized carbons (Fsp3) is 0. The molecule has 1 aromatic carbocycles. The molecule has 0 unspecified atom stereocenters. The number of hydrogen-bond donors (Lipinski definition) is 1. The molecule has 0 saturated carbocycles. The SMILES string of the molecule is O=C(O)C(=O)c1cccc(-n2cncn2)c1. The highest BCUT2D eigenvalue weighted by Crippen LogP contribution is 2.09. The van der Waals surface area contributed by atoms with Crippen molar-refractivity contribution in [3.8, 4) is 5.69 Å². The highest BCUT2D eigenvalue weighted by atomic mass is 16.4. The fourth-order valence-electron chi connectivity index (χ4n) is 1.25. The molecule has 2 aromatic rings. The minimum Gasteiger partial charge on any atom is -0.475 e. The van der Waals surface area contributed by atoms with Gasteiger partial charge in [0.2, 0.25) is 0 Å². The van der Waals surface area contributed by atoms with E-state index in [4.69, 9.17) is 5.11 Å². The molecule has 0 spiro atoms. The van der Waals surface area contributed by atoms with Gasteiger partial charge in [-0.1, -0.05) is 12.1 Å². The molecule has 1 aromatic heterocycles. The summed E-state index contributed by atoms with van der Waals surface area (Å²) in [5.41, 5.74) is 0.699. The van der Waals surface area contributed by atoms with Gasteiger partial charge in [0.25, 0.3) is 5.78 Å². The van der Waals surface area contributed by atoms with Gasteiger partial charge in [-0.2, -0.15) is 5.10 Å². The van der Waals surface area contributed by atoms with Gasteiger partial charge in [-0.15, -0.1) is 0 Å².